The Morgan fingerprint density at radius 2 is 2.06 bits per heavy atom. The van der Waals surface area contributed by atoms with Crippen LogP contribution in [-0.2, 0) is 17.8 Å². The van der Waals surface area contributed by atoms with Crippen molar-refractivity contribution in [2.24, 2.45) is 0 Å². The van der Waals surface area contributed by atoms with E-state index in [2.05, 4.69) is 57.5 Å². The first-order valence-electron chi connectivity index (χ1n) is 12.9. The number of aromatic nitrogens is 5. The van der Waals surface area contributed by atoms with Gasteiger partial charge in [-0.15, -0.1) is 5.10 Å². The fourth-order valence-corrected chi connectivity index (χ4v) is 5.13. The van der Waals surface area contributed by atoms with E-state index in [1.807, 2.05) is 41.1 Å². The summed E-state index contributed by atoms with van der Waals surface area (Å²) in [6.07, 6.45) is 4.09. The quantitative estimate of drug-likeness (QED) is 0.358. The summed E-state index contributed by atoms with van der Waals surface area (Å²) in [7, 11) is 0. The molecule has 1 N–H and O–H groups in total. The highest BCUT2D eigenvalue weighted by Crippen LogP contribution is 2.28. The molecule has 3 heterocycles. The van der Waals surface area contributed by atoms with Crippen LogP contribution in [0.2, 0.25) is 0 Å². The molecule has 2 aromatic heterocycles. The van der Waals surface area contributed by atoms with Crippen LogP contribution in [0, 0.1) is 6.92 Å². The molecule has 4 aromatic rings. The van der Waals surface area contributed by atoms with Crippen LogP contribution in [0.3, 0.4) is 0 Å². The minimum atomic E-state index is -0.0529. The summed E-state index contributed by atoms with van der Waals surface area (Å²) in [5, 5.41) is 13.9. The highest BCUT2D eigenvalue weighted by atomic mass is 16.5. The summed E-state index contributed by atoms with van der Waals surface area (Å²) in [4.78, 5) is 18.5. The Hall–Kier alpha value is -3.36. The summed E-state index contributed by atoms with van der Waals surface area (Å²) in [6.45, 7) is 6.87. The number of pyridine rings is 1. The average molecular weight is 487 g/mol. The van der Waals surface area contributed by atoms with Gasteiger partial charge in [-0.2, -0.15) is 0 Å². The number of fused-ring (bicyclic) bond motifs is 1. The zero-order valence-electron chi connectivity index (χ0n) is 21.1. The largest absolute Gasteiger partial charge is 0.377 e. The summed E-state index contributed by atoms with van der Waals surface area (Å²) in [5.74, 6) is 0.826. The van der Waals surface area contributed by atoms with E-state index in [-0.39, 0.29) is 17.7 Å². The number of H-pyrrole nitrogens is 1. The van der Waals surface area contributed by atoms with Crippen LogP contribution in [0.4, 0.5) is 0 Å². The van der Waals surface area contributed by atoms with Gasteiger partial charge in [0, 0.05) is 30.8 Å². The second-order valence-corrected chi connectivity index (χ2v) is 9.76. The zero-order chi connectivity index (χ0) is 24.9. The first-order chi connectivity index (χ1) is 17.6. The van der Waals surface area contributed by atoms with Gasteiger partial charge >= 0.3 is 0 Å². The van der Waals surface area contributed by atoms with Gasteiger partial charge in [0.1, 0.15) is 0 Å². The van der Waals surface area contributed by atoms with Crippen LogP contribution in [0.1, 0.15) is 61.2 Å². The van der Waals surface area contributed by atoms with E-state index in [9.17, 15) is 4.79 Å². The van der Waals surface area contributed by atoms with Crippen LogP contribution in [0.25, 0.3) is 10.9 Å². The molecule has 2 aromatic carbocycles. The number of aryl methyl sites for hydroxylation is 1. The maximum absolute atomic E-state index is 13.1. The van der Waals surface area contributed by atoms with E-state index in [1.54, 1.807) is 0 Å². The minimum absolute atomic E-state index is 0.0366. The normalized spacial score (nSPS) is 16.7. The highest BCUT2D eigenvalue weighted by Gasteiger charge is 2.30. The van der Waals surface area contributed by atoms with Crippen LogP contribution in [0.15, 0.2) is 59.4 Å². The molecule has 0 unspecified atom stereocenters. The Labute approximate surface area is 211 Å². The lowest BCUT2D eigenvalue weighted by molar-refractivity contribution is 0.0476. The number of hydrogen-bond donors (Lipinski definition) is 1. The number of nitrogens with one attached hydrogen (secondary N) is 1. The number of rotatable bonds is 10. The van der Waals surface area contributed by atoms with Crippen LogP contribution in [0.5, 0.6) is 0 Å². The topological polar surface area (TPSA) is 88.9 Å². The predicted octanol–water partition coefficient (Wildman–Crippen LogP) is 4.39. The molecule has 1 aliphatic heterocycles. The van der Waals surface area contributed by atoms with E-state index in [0.717, 1.165) is 66.7 Å². The highest BCUT2D eigenvalue weighted by molar-refractivity contribution is 5.79. The van der Waals surface area contributed by atoms with E-state index in [1.165, 1.54) is 5.56 Å². The van der Waals surface area contributed by atoms with E-state index in [0.29, 0.717) is 13.1 Å². The molecule has 0 amide bonds. The Kier molecular flexibility index (Phi) is 7.53. The first kappa shape index (κ1) is 24.3. The molecular formula is C28H34N6O2. The van der Waals surface area contributed by atoms with Crippen molar-refractivity contribution in [3.8, 4) is 0 Å². The molecule has 1 fully saturated rings. The van der Waals surface area contributed by atoms with Gasteiger partial charge in [0.2, 0.25) is 0 Å². The molecule has 1 aliphatic rings. The average Bonchev–Trinajstić information content (AvgIpc) is 3.56. The molecule has 2 atom stereocenters. The van der Waals surface area contributed by atoms with Crippen LogP contribution >= 0.6 is 0 Å². The molecule has 5 rings (SSSR count). The smallest absolute Gasteiger partial charge is 0.252 e. The van der Waals surface area contributed by atoms with Gasteiger partial charge in [0.15, 0.2) is 5.82 Å². The third kappa shape index (κ3) is 5.55. The molecule has 0 radical (unpaired) electrons. The van der Waals surface area contributed by atoms with Gasteiger partial charge in [-0.3, -0.25) is 9.69 Å². The van der Waals surface area contributed by atoms with E-state index >= 15 is 0 Å². The zero-order valence-corrected chi connectivity index (χ0v) is 21.1. The standard InChI is InChI=1S/C28H34N6O2/c1-3-8-26(27-30-31-32-34(27)17-21-9-5-4-6-10-21)33(19-24-11-7-14-36-24)18-23-16-22-15-20(2)12-13-25(22)29-28(23)35/h4-6,9-10,12-13,15-16,24,26H,3,7-8,11,14,17-19H2,1-2H3,(H,29,35)/t24-,26+/m0/s1. The predicted molar refractivity (Wildman–Crippen MR) is 140 cm³/mol. The molecular weight excluding hydrogens is 452 g/mol. The molecule has 0 saturated carbocycles. The van der Waals surface area contributed by atoms with Crippen LogP contribution in [-0.4, -0.2) is 49.3 Å². The van der Waals surface area contributed by atoms with Crippen molar-refractivity contribution in [3.63, 3.8) is 0 Å². The van der Waals surface area contributed by atoms with Gasteiger partial charge in [0.05, 0.1) is 18.7 Å². The maximum Gasteiger partial charge on any atom is 0.252 e. The molecule has 0 aliphatic carbocycles. The van der Waals surface area contributed by atoms with Crippen molar-refractivity contribution in [1.29, 1.82) is 0 Å². The molecule has 8 nitrogen and oxygen atoms in total. The third-order valence-electron chi connectivity index (χ3n) is 6.95. The summed E-state index contributed by atoms with van der Waals surface area (Å²) in [6, 6.07) is 18.3. The Morgan fingerprint density at radius 3 is 2.83 bits per heavy atom. The lowest BCUT2D eigenvalue weighted by Crippen LogP contribution is -2.38. The summed E-state index contributed by atoms with van der Waals surface area (Å²) >= 11 is 0. The maximum atomic E-state index is 13.1. The Morgan fingerprint density at radius 1 is 1.19 bits per heavy atom. The third-order valence-corrected chi connectivity index (χ3v) is 6.95. The van der Waals surface area contributed by atoms with Crippen LogP contribution < -0.4 is 5.56 Å². The SMILES string of the molecule is CCC[C@H](c1nnnn1Cc1ccccc1)N(Cc1cc2cc(C)ccc2[nH]c1=O)C[C@@H]1CCCO1. The summed E-state index contributed by atoms with van der Waals surface area (Å²) in [5.41, 5.74) is 3.86. The van der Waals surface area contributed by atoms with Gasteiger partial charge in [-0.25, -0.2) is 4.68 Å². The number of ether oxygens (including phenoxy) is 1. The fraction of sp³-hybridized carbons (Fsp3) is 0.429. The molecule has 36 heavy (non-hydrogen) atoms. The lowest BCUT2D eigenvalue weighted by atomic mass is 10.0. The van der Waals surface area contributed by atoms with Gasteiger partial charge in [0.25, 0.3) is 5.56 Å². The Balaban J connectivity index is 1.50. The lowest BCUT2D eigenvalue weighted by Gasteiger charge is -2.32. The number of benzene rings is 2. The van der Waals surface area contributed by atoms with E-state index in [4.69, 9.17) is 4.74 Å². The molecule has 8 heteroatoms. The second kappa shape index (κ2) is 11.1. The molecule has 0 spiro atoms. The first-order valence-corrected chi connectivity index (χ1v) is 12.9. The van der Waals surface area contributed by atoms with Crippen molar-refractivity contribution in [1.82, 2.24) is 30.1 Å². The monoisotopic (exact) mass is 486 g/mol. The fourth-order valence-electron chi connectivity index (χ4n) is 5.13. The second-order valence-electron chi connectivity index (χ2n) is 9.76. The van der Waals surface area contributed by atoms with Crippen molar-refractivity contribution in [2.45, 2.75) is 64.8 Å². The van der Waals surface area contributed by atoms with Crippen molar-refractivity contribution in [2.75, 3.05) is 13.2 Å². The van der Waals surface area contributed by atoms with Gasteiger partial charge in [-0.05, 0) is 65.8 Å². The van der Waals surface area contributed by atoms with E-state index < -0.39 is 0 Å². The van der Waals surface area contributed by atoms with Crippen molar-refractivity contribution >= 4 is 10.9 Å². The number of tetrazole rings is 1. The Bertz CT molecular complexity index is 1340. The van der Waals surface area contributed by atoms with Crippen molar-refractivity contribution in [3.05, 3.63) is 87.5 Å². The number of nitrogens with zero attached hydrogens (tertiary/aromatic N) is 5. The minimum Gasteiger partial charge on any atom is -0.377 e. The number of aromatic amines is 1. The molecule has 188 valence electrons. The van der Waals surface area contributed by atoms with Gasteiger partial charge < -0.3 is 9.72 Å². The molecule has 1 saturated heterocycles. The summed E-state index contributed by atoms with van der Waals surface area (Å²) < 4.78 is 7.92. The van der Waals surface area contributed by atoms with Gasteiger partial charge in [-0.1, -0.05) is 55.3 Å². The number of hydrogen-bond acceptors (Lipinski definition) is 6. The van der Waals surface area contributed by atoms with Crippen molar-refractivity contribution < 1.29 is 4.74 Å². The molecule has 0 bridgehead atoms.